The topological polar surface area (TPSA) is 67.2 Å². The standard InChI is InChI=1S/C15H14FNO3S/c1-9-10(4-3-5-11(9)16)15(14(19)20-2)6-12(18)13(7-15)21-8-17/h3-5,13H,6-7H2,1-2H3. The maximum absolute atomic E-state index is 13.8. The van der Waals surface area contributed by atoms with Crippen LogP contribution in [0.4, 0.5) is 4.39 Å². The Morgan fingerprint density at radius 1 is 1.57 bits per heavy atom. The van der Waals surface area contributed by atoms with Crippen LogP contribution in [0.3, 0.4) is 0 Å². The van der Waals surface area contributed by atoms with Crippen molar-refractivity contribution < 1.29 is 18.7 Å². The van der Waals surface area contributed by atoms with Crippen molar-refractivity contribution in [1.82, 2.24) is 0 Å². The lowest BCUT2D eigenvalue weighted by molar-refractivity contribution is -0.148. The maximum atomic E-state index is 13.8. The van der Waals surface area contributed by atoms with E-state index >= 15 is 0 Å². The third-order valence-electron chi connectivity index (χ3n) is 3.92. The Bertz CT molecular complexity index is 640. The smallest absolute Gasteiger partial charge is 0.316 e. The van der Waals surface area contributed by atoms with Crippen LogP contribution >= 0.6 is 11.8 Å². The number of hydrogen-bond acceptors (Lipinski definition) is 5. The van der Waals surface area contributed by atoms with E-state index in [4.69, 9.17) is 10.00 Å². The van der Waals surface area contributed by atoms with Crippen molar-refractivity contribution in [2.75, 3.05) is 7.11 Å². The number of hydrogen-bond donors (Lipinski definition) is 0. The minimum atomic E-state index is -1.20. The number of thiocyanates is 1. The monoisotopic (exact) mass is 307 g/mol. The molecule has 0 saturated heterocycles. The number of carbonyl (C=O) groups excluding carboxylic acids is 2. The number of nitriles is 1. The molecule has 0 bridgehead atoms. The van der Waals surface area contributed by atoms with Gasteiger partial charge in [0, 0.05) is 6.42 Å². The first-order valence-corrected chi connectivity index (χ1v) is 7.25. The Balaban J connectivity index is 2.55. The van der Waals surface area contributed by atoms with E-state index in [1.54, 1.807) is 13.0 Å². The lowest BCUT2D eigenvalue weighted by Gasteiger charge is -2.27. The molecule has 6 heteroatoms. The first kappa shape index (κ1) is 15.5. The fourth-order valence-electron chi connectivity index (χ4n) is 2.88. The van der Waals surface area contributed by atoms with Crippen LogP contribution in [0.15, 0.2) is 18.2 Å². The molecule has 1 saturated carbocycles. The molecule has 0 amide bonds. The largest absolute Gasteiger partial charge is 0.468 e. The number of Topliss-reactive ketones (excluding diaryl/α,β-unsaturated/α-hetero) is 1. The zero-order valence-corrected chi connectivity index (χ0v) is 12.5. The van der Waals surface area contributed by atoms with Gasteiger partial charge in [0.15, 0.2) is 0 Å². The van der Waals surface area contributed by atoms with E-state index in [1.807, 2.05) is 5.40 Å². The minimum Gasteiger partial charge on any atom is -0.468 e. The number of nitrogens with zero attached hydrogens (tertiary/aromatic N) is 1. The lowest BCUT2D eigenvalue weighted by atomic mass is 9.76. The first-order chi connectivity index (χ1) is 9.96. The molecule has 1 fully saturated rings. The predicted octanol–water partition coefficient (Wildman–Crippen LogP) is 2.49. The molecule has 0 aliphatic heterocycles. The lowest BCUT2D eigenvalue weighted by Crippen LogP contribution is -2.36. The van der Waals surface area contributed by atoms with Crippen molar-refractivity contribution in [2.24, 2.45) is 0 Å². The van der Waals surface area contributed by atoms with Gasteiger partial charge in [-0.05, 0) is 42.3 Å². The average molecular weight is 307 g/mol. The molecule has 0 aromatic heterocycles. The highest BCUT2D eigenvalue weighted by Gasteiger charge is 2.53. The highest BCUT2D eigenvalue weighted by Crippen LogP contribution is 2.45. The highest BCUT2D eigenvalue weighted by atomic mass is 32.2. The van der Waals surface area contributed by atoms with Gasteiger partial charge in [0.25, 0.3) is 0 Å². The van der Waals surface area contributed by atoms with E-state index in [-0.39, 0.29) is 18.6 Å². The number of halogens is 1. The van der Waals surface area contributed by atoms with Crippen molar-refractivity contribution in [1.29, 1.82) is 5.26 Å². The predicted molar refractivity (Wildman–Crippen MR) is 76.1 cm³/mol. The van der Waals surface area contributed by atoms with Crippen LogP contribution in [0.1, 0.15) is 24.0 Å². The van der Waals surface area contributed by atoms with Crippen LogP contribution in [0.2, 0.25) is 0 Å². The van der Waals surface area contributed by atoms with Crippen molar-refractivity contribution >= 4 is 23.5 Å². The number of thioether (sulfide) groups is 1. The number of carbonyl (C=O) groups is 2. The van der Waals surface area contributed by atoms with Gasteiger partial charge in [0.1, 0.15) is 22.4 Å². The van der Waals surface area contributed by atoms with Gasteiger partial charge in [-0.25, -0.2) is 4.39 Å². The Kier molecular flexibility index (Phi) is 4.33. The number of methoxy groups -OCH3 is 1. The second kappa shape index (κ2) is 5.86. The molecule has 1 aromatic rings. The van der Waals surface area contributed by atoms with Crippen molar-refractivity contribution in [2.45, 2.75) is 30.4 Å². The van der Waals surface area contributed by atoms with Crippen molar-refractivity contribution in [3.05, 3.63) is 35.1 Å². The van der Waals surface area contributed by atoms with Crippen molar-refractivity contribution in [3.63, 3.8) is 0 Å². The van der Waals surface area contributed by atoms with E-state index in [1.165, 1.54) is 19.2 Å². The molecule has 2 unspecified atom stereocenters. The first-order valence-electron chi connectivity index (χ1n) is 6.37. The summed E-state index contributed by atoms with van der Waals surface area (Å²) in [5.74, 6) is -1.18. The zero-order chi connectivity index (χ0) is 15.6. The second-order valence-electron chi connectivity index (χ2n) is 5.03. The molecule has 1 aromatic carbocycles. The minimum absolute atomic E-state index is 0.0662. The molecule has 2 rings (SSSR count). The molecule has 110 valence electrons. The van der Waals surface area contributed by atoms with Gasteiger partial charge in [-0.3, -0.25) is 9.59 Å². The molecule has 0 spiro atoms. The summed E-state index contributed by atoms with van der Waals surface area (Å²) in [4.78, 5) is 24.4. The average Bonchev–Trinajstić information content (AvgIpc) is 2.79. The van der Waals surface area contributed by atoms with Crippen LogP contribution in [0, 0.1) is 23.4 Å². The Morgan fingerprint density at radius 2 is 2.29 bits per heavy atom. The summed E-state index contributed by atoms with van der Waals surface area (Å²) in [6.07, 6.45) is 0.0876. The molecule has 0 N–H and O–H groups in total. The quantitative estimate of drug-likeness (QED) is 0.634. The van der Waals surface area contributed by atoms with Gasteiger partial charge in [-0.15, -0.1) is 0 Å². The molecule has 21 heavy (non-hydrogen) atoms. The normalized spacial score (nSPS) is 24.7. The van der Waals surface area contributed by atoms with Gasteiger partial charge in [-0.1, -0.05) is 12.1 Å². The van der Waals surface area contributed by atoms with Crippen LogP contribution in [-0.2, 0) is 19.7 Å². The molecule has 1 aliphatic rings. The van der Waals surface area contributed by atoms with Gasteiger partial charge >= 0.3 is 5.97 Å². The van der Waals surface area contributed by atoms with Crippen LogP contribution in [-0.4, -0.2) is 24.1 Å². The summed E-state index contributed by atoms with van der Waals surface area (Å²) in [6, 6.07) is 4.46. The number of benzene rings is 1. The zero-order valence-electron chi connectivity index (χ0n) is 11.7. The fraction of sp³-hybridized carbons (Fsp3) is 0.400. The molecular formula is C15H14FNO3S. The molecule has 0 heterocycles. The van der Waals surface area contributed by atoms with Gasteiger partial charge in [-0.2, -0.15) is 5.26 Å². The third kappa shape index (κ3) is 2.54. The Labute approximate surface area is 126 Å². The van der Waals surface area contributed by atoms with E-state index < -0.39 is 22.5 Å². The summed E-state index contributed by atoms with van der Waals surface area (Å²) >= 11 is 0.836. The Hall–Kier alpha value is -1.87. The third-order valence-corrected chi connectivity index (χ3v) is 4.74. The Morgan fingerprint density at radius 3 is 2.90 bits per heavy atom. The number of esters is 1. The summed E-state index contributed by atoms with van der Waals surface area (Å²) in [6.45, 7) is 1.57. The van der Waals surface area contributed by atoms with E-state index in [2.05, 4.69) is 0 Å². The molecule has 2 atom stereocenters. The number of ether oxygens (including phenoxy) is 1. The summed E-state index contributed by atoms with van der Waals surface area (Å²) in [5.41, 5.74) is -0.408. The summed E-state index contributed by atoms with van der Waals surface area (Å²) in [7, 11) is 1.24. The molecule has 0 radical (unpaired) electrons. The van der Waals surface area contributed by atoms with Crippen LogP contribution < -0.4 is 0 Å². The van der Waals surface area contributed by atoms with Crippen LogP contribution in [0.5, 0.6) is 0 Å². The second-order valence-corrected chi connectivity index (χ2v) is 6.02. The van der Waals surface area contributed by atoms with E-state index in [0.29, 0.717) is 11.1 Å². The summed E-state index contributed by atoms with van der Waals surface area (Å²) < 4.78 is 18.7. The molecular weight excluding hydrogens is 293 g/mol. The molecule has 4 nitrogen and oxygen atoms in total. The SMILES string of the molecule is COC(=O)C1(c2cccc(F)c2C)CC(=O)C(SC#N)C1. The molecule has 1 aliphatic carbocycles. The summed E-state index contributed by atoms with van der Waals surface area (Å²) in [5, 5.41) is 10.1. The van der Waals surface area contributed by atoms with Crippen molar-refractivity contribution in [3.8, 4) is 5.40 Å². The highest BCUT2D eigenvalue weighted by molar-refractivity contribution is 8.05. The van der Waals surface area contributed by atoms with Gasteiger partial charge in [0.2, 0.25) is 0 Å². The van der Waals surface area contributed by atoms with E-state index in [9.17, 15) is 14.0 Å². The maximum Gasteiger partial charge on any atom is 0.316 e. The van der Waals surface area contributed by atoms with Gasteiger partial charge < -0.3 is 4.74 Å². The van der Waals surface area contributed by atoms with Gasteiger partial charge in [0.05, 0.1) is 12.4 Å². The fourth-order valence-corrected chi connectivity index (χ4v) is 3.59. The number of rotatable bonds is 3. The van der Waals surface area contributed by atoms with E-state index in [0.717, 1.165) is 11.8 Å². The number of ketones is 1. The van der Waals surface area contributed by atoms with Crippen LogP contribution in [0.25, 0.3) is 0 Å².